The number of ether oxygens (including phenoxy) is 6. The Morgan fingerprint density at radius 1 is 0.846 bits per heavy atom. The molecule has 3 unspecified atom stereocenters. The molecule has 220 valence electrons. The Hall–Kier alpha value is -3.34. The normalized spacial score (nSPS) is 14.7. The number of rotatable bonds is 15. The van der Waals surface area contributed by atoms with Crippen molar-refractivity contribution in [2.45, 2.75) is 110 Å². The minimum absolute atomic E-state index is 0.0245. The average molecular weight is 554 g/mol. The van der Waals surface area contributed by atoms with E-state index in [9.17, 15) is 19.2 Å². The average Bonchev–Trinajstić information content (AvgIpc) is 2.87. The third-order valence-electron chi connectivity index (χ3n) is 5.97. The van der Waals surface area contributed by atoms with Crippen LogP contribution in [0.15, 0.2) is 18.2 Å². The molecule has 1 aromatic rings. The first-order valence-corrected chi connectivity index (χ1v) is 13.3. The predicted octanol–water partition coefficient (Wildman–Crippen LogP) is 5.24. The van der Waals surface area contributed by atoms with E-state index >= 15 is 0 Å². The highest BCUT2D eigenvalue weighted by molar-refractivity contribution is 5.81. The molecule has 2 N–H and O–H groups in total. The molecule has 0 aromatic heterocycles. The van der Waals surface area contributed by atoms with Crippen LogP contribution in [-0.2, 0) is 35.0 Å². The maximum Gasteiger partial charge on any atom is 0.514 e. The van der Waals surface area contributed by atoms with Gasteiger partial charge in [0.05, 0.1) is 7.11 Å². The van der Waals surface area contributed by atoms with Crippen LogP contribution >= 0.6 is 0 Å². The number of carbonyl (C=O) groups excluding carboxylic acids is 4. The number of methoxy groups -OCH3 is 1. The predicted molar refractivity (Wildman–Crippen MR) is 143 cm³/mol. The fraction of sp³-hybridized carbons (Fsp3) is 0.643. The monoisotopic (exact) mass is 553 g/mol. The van der Waals surface area contributed by atoms with Crippen molar-refractivity contribution in [3.63, 3.8) is 0 Å². The molecular weight excluding hydrogens is 510 g/mol. The van der Waals surface area contributed by atoms with Crippen LogP contribution in [0.3, 0.4) is 0 Å². The van der Waals surface area contributed by atoms with Gasteiger partial charge in [0.25, 0.3) is 0 Å². The number of hydrogen-bond acceptors (Lipinski definition) is 11. The Bertz CT molecular complexity index is 966. The Balaban J connectivity index is 3.24. The molecule has 0 aliphatic carbocycles. The van der Waals surface area contributed by atoms with Crippen LogP contribution in [0.5, 0.6) is 11.5 Å². The number of nitrogens with two attached hydrogens (primary N) is 1. The van der Waals surface area contributed by atoms with Crippen LogP contribution in [0.2, 0.25) is 0 Å². The van der Waals surface area contributed by atoms with Crippen LogP contribution in [0, 0.1) is 0 Å². The van der Waals surface area contributed by atoms with Gasteiger partial charge in [0.1, 0.15) is 23.9 Å². The van der Waals surface area contributed by atoms with E-state index in [2.05, 4.69) is 0 Å². The maximum absolute atomic E-state index is 12.7. The fourth-order valence-corrected chi connectivity index (χ4v) is 3.50. The fourth-order valence-electron chi connectivity index (χ4n) is 3.50. The molecular formula is C28H43NO10. The Labute approximate surface area is 230 Å². The van der Waals surface area contributed by atoms with E-state index in [0.717, 1.165) is 6.42 Å². The van der Waals surface area contributed by atoms with Crippen LogP contribution in [0.1, 0.15) is 85.6 Å². The SMILES string of the molecule is CCCCC(=O)O[C@@H](C)CC(N)(Cc1ccc(OC(=O)OC(C)CC)c(OC(=O)OC(C)CC)c1)C(=O)OC. The van der Waals surface area contributed by atoms with E-state index in [1.54, 1.807) is 26.8 Å². The zero-order valence-electron chi connectivity index (χ0n) is 24.1. The van der Waals surface area contributed by atoms with Crippen molar-refractivity contribution in [1.29, 1.82) is 0 Å². The third-order valence-corrected chi connectivity index (χ3v) is 5.97. The molecule has 0 heterocycles. The van der Waals surface area contributed by atoms with Crippen molar-refractivity contribution in [2.75, 3.05) is 7.11 Å². The van der Waals surface area contributed by atoms with Crippen molar-refractivity contribution in [1.82, 2.24) is 0 Å². The first-order valence-electron chi connectivity index (χ1n) is 13.3. The van der Waals surface area contributed by atoms with Crippen molar-refractivity contribution < 1.29 is 47.6 Å². The summed E-state index contributed by atoms with van der Waals surface area (Å²) in [4.78, 5) is 49.4. The van der Waals surface area contributed by atoms with Crippen LogP contribution in [0.25, 0.3) is 0 Å². The zero-order chi connectivity index (χ0) is 29.6. The van der Waals surface area contributed by atoms with Gasteiger partial charge in [-0.3, -0.25) is 9.59 Å². The lowest BCUT2D eigenvalue weighted by Gasteiger charge is -2.29. The van der Waals surface area contributed by atoms with Gasteiger partial charge in [0.2, 0.25) is 0 Å². The highest BCUT2D eigenvalue weighted by Gasteiger charge is 2.38. The molecule has 11 nitrogen and oxygen atoms in total. The Morgan fingerprint density at radius 2 is 1.41 bits per heavy atom. The van der Waals surface area contributed by atoms with Gasteiger partial charge in [-0.2, -0.15) is 0 Å². The molecule has 0 bridgehead atoms. The summed E-state index contributed by atoms with van der Waals surface area (Å²) >= 11 is 0. The molecule has 0 aliphatic heterocycles. The summed E-state index contributed by atoms with van der Waals surface area (Å²) in [7, 11) is 1.21. The molecule has 0 aliphatic rings. The van der Waals surface area contributed by atoms with Crippen LogP contribution in [0.4, 0.5) is 9.59 Å². The number of benzene rings is 1. The number of unbranched alkanes of at least 4 members (excludes halogenated alkanes) is 1. The molecule has 4 atom stereocenters. The summed E-state index contributed by atoms with van der Waals surface area (Å²) in [5, 5.41) is 0. The molecule has 0 amide bonds. The van der Waals surface area contributed by atoms with Crippen molar-refractivity contribution in [3.8, 4) is 11.5 Å². The summed E-state index contributed by atoms with van der Waals surface area (Å²) < 4.78 is 31.3. The lowest BCUT2D eigenvalue weighted by Crippen LogP contribution is -2.53. The number of esters is 2. The van der Waals surface area contributed by atoms with Crippen molar-refractivity contribution >= 4 is 24.2 Å². The number of hydrogen-bond donors (Lipinski definition) is 1. The van der Waals surface area contributed by atoms with E-state index in [-0.39, 0.29) is 42.8 Å². The molecule has 1 aromatic carbocycles. The van der Waals surface area contributed by atoms with Crippen LogP contribution in [-0.4, -0.2) is 55.2 Å². The molecule has 0 fully saturated rings. The van der Waals surface area contributed by atoms with E-state index in [0.29, 0.717) is 24.8 Å². The van der Waals surface area contributed by atoms with Gasteiger partial charge in [0, 0.05) is 19.3 Å². The van der Waals surface area contributed by atoms with Gasteiger partial charge < -0.3 is 34.2 Å². The minimum atomic E-state index is -1.58. The highest BCUT2D eigenvalue weighted by Crippen LogP contribution is 2.32. The van der Waals surface area contributed by atoms with Gasteiger partial charge in [-0.25, -0.2) is 9.59 Å². The summed E-state index contributed by atoms with van der Waals surface area (Å²) in [6, 6.07) is 4.36. The quantitative estimate of drug-likeness (QED) is 0.172. The van der Waals surface area contributed by atoms with Gasteiger partial charge in [-0.1, -0.05) is 33.3 Å². The summed E-state index contributed by atoms with van der Waals surface area (Å²) in [5.74, 6) is -1.31. The lowest BCUT2D eigenvalue weighted by molar-refractivity contribution is -0.155. The summed E-state index contributed by atoms with van der Waals surface area (Å²) in [6.07, 6.45) is -0.566. The maximum atomic E-state index is 12.7. The Kier molecular flexibility index (Phi) is 14.3. The van der Waals surface area contributed by atoms with Gasteiger partial charge in [0.15, 0.2) is 11.5 Å². The zero-order valence-corrected chi connectivity index (χ0v) is 24.1. The topological polar surface area (TPSA) is 150 Å². The van der Waals surface area contributed by atoms with Crippen molar-refractivity contribution in [3.05, 3.63) is 23.8 Å². The molecule has 0 saturated heterocycles. The second-order valence-corrected chi connectivity index (χ2v) is 9.59. The minimum Gasteiger partial charge on any atom is -0.468 e. The molecule has 0 radical (unpaired) electrons. The van der Waals surface area contributed by atoms with Gasteiger partial charge in [-0.15, -0.1) is 0 Å². The van der Waals surface area contributed by atoms with E-state index in [4.69, 9.17) is 34.2 Å². The second-order valence-electron chi connectivity index (χ2n) is 9.59. The highest BCUT2D eigenvalue weighted by atomic mass is 16.7. The smallest absolute Gasteiger partial charge is 0.468 e. The molecule has 0 spiro atoms. The van der Waals surface area contributed by atoms with Crippen LogP contribution < -0.4 is 15.2 Å². The summed E-state index contributed by atoms with van der Waals surface area (Å²) in [5.41, 5.74) is 5.36. The molecule has 11 heteroatoms. The van der Waals surface area contributed by atoms with Gasteiger partial charge >= 0.3 is 24.2 Å². The first kappa shape index (κ1) is 33.7. The second kappa shape index (κ2) is 16.6. The third kappa shape index (κ3) is 11.9. The van der Waals surface area contributed by atoms with E-state index < -0.39 is 36.0 Å². The van der Waals surface area contributed by atoms with Gasteiger partial charge in [-0.05, 0) is 57.7 Å². The molecule has 39 heavy (non-hydrogen) atoms. The van der Waals surface area contributed by atoms with E-state index in [1.807, 2.05) is 20.8 Å². The van der Waals surface area contributed by atoms with Crippen molar-refractivity contribution in [2.24, 2.45) is 5.73 Å². The standard InChI is InChI=1S/C28H43NO10/c1-8-11-12-24(30)35-20(6)16-28(29,25(31)34-7)17-21-13-14-22(38-26(32)36-18(4)9-2)23(15-21)39-27(33)37-19(5)10-3/h13-15,18-20H,8-12,16-17,29H2,1-7H3/t18?,19?,20-,28?/m0/s1. The number of carbonyl (C=O) groups is 4. The first-order chi connectivity index (χ1) is 18.4. The lowest BCUT2D eigenvalue weighted by atomic mass is 9.86. The summed E-state index contributed by atoms with van der Waals surface area (Å²) in [6.45, 7) is 10.7. The van der Waals surface area contributed by atoms with E-state index in [1.165, 1.54) is 19.2 Å². The molecule has 1 rings (SSSR count). The Morgan fingerprint density at radius 3 is 1.92 bits per heavy atom. The molecule has 0 saturated carbocycles. The largest absolute Gasteiger partial charge is 0.514 e.